The molecule has 1 aliphatic heterocycles. The van der Waals surface area contributed by atoms with E-state index in [2.05, 4.69) is 5.32 Å². The van der Waals surface area contributed by atoms with Crippen LogP contribution in [0.25, 0.3) is 11.1 Å². The molecule has 5 heteroatoms. The summed E-state index contributed by atoms with van der Waals surface area (Å²) in [6.45, 7) is 1.03. The number of nitrogens with one attached hydrogen (secondary N) is 1. The smallest absolute Gasteiger partial charge is 0.408 e. The van der Waals surface area contributed by atoms with E-state index in [-0.39, 0.29) is 11.8 Å². The summed E-state index contributed by atoms with van der Waals surface area (Å²) >= 11 is 0. The number of fused-ring (bicyclic) bond motifs is 1. The standard InChI is InChI=1S/C13H17N3O2/c1-16-10-5-4-8(7-11(10)18-13(16)17)12(14)9-3-2-6-15-9/h4-5,7,9,12,15H,2-3,6,14H2,1H3. The van der Waals surface area contributed by atoms with E-state index in [4.69, 9.17) is 10.2 Å². The van der Waals surface area contributed by atoms with Gasteiger partial charge in [-0.25, -0.2) is 4.79 Å². The van der Waals surface area contributed by atoms with Crippen LogP contribution in [-0.2, 0) is 7.05 Å². The molecular weight excluding hydrogens is 230 g/mol. The number of hydrogen-bond acceptors (Lipinski definition) is 4. The third-order valence-electron chi connectivity index (χ3n) is 3.73. The van der Waals surface area contributed by atoms with E-state index in [1.807, 2.05) is 18.2 Å². The van der Waals surface area contributed by atoms with Crippen molar-refractivity contribution in [2.45, 2.75) is 24.9 Å². The Balaban J connectivity index is 2.00. The van der Waals surface area contributed by atoms with Gasteiger partial charge in [-0.2, -0.15) is 0 Å². The highest BCUT2D eigenvalue weighted by molar-refractivity contribution is 5.73. The lowest BCUT2D eigenvalue weighted by Gasteiger charge is -2.19. The Labute approximate surface area is 105 Å². The normalized spacial score (nSPS) is 21.6. The summed E-state index contributed by atoms with van der Waals surface area (Å²) in [5, 5.41) is 3.40. The molecule has 1 aromatic heterocycles. The topological polar surface area (TPSA) is 73.2 Å². The van der Waals surface area contributed by atoms with Gasteiger partial charge in [0.25, 0.3) is 0 Å². The zero-order valence-corrected chi connectivity index (χ0v) is 10.3. The van der Waals surface area contributed by atoms with Crippen molar-refractivity contribution in [3.63, 3.8) is 0 Å². The Bertz CT molecular complexity index is 623. The van der Waals surface area contributed by atoms with Gasteiger partial charge in [-0.3, -0.25) is 4.57 Å². The molecule has 3 N–H and O–H groups in total. The van der Waals surface area contributed by atoms with Crippen molar-refractivity contribution in [3.8, 4) is 0 Å². The van der Waals surface area contributed by atoms with Crippen LogP contribution in [0.4, 0.5) is 0 Å². The van der Waals surface area contributed by atoms with E-state index < -0.39 is 0 Å². The zero-order valence-electron chi connectivity index (χ0n) is 10.3. The Morgan fingerprint density at radius 1 is 1.56 bits per heavy atom. The summed E-state index contributed by atoms with van der Waals surface area (Å²) in [4.78, 5) is 11.4. The highest BCUT2D eigenvalue weighted by Gasteiger charge is 2.23. The van der Waals surface area contributed by atoms with Gasteiger partial charge in [0.15, 0.2) is 5.58 Å². The number of nitrogens with zero attached hydrogens (tertiary/aromatic N) is 1. The lowest BCUT2D eigenvalue weighted by Crippen LogP contribution is -2.34. The molecule has 18 heavy (non-hydrogen) atoms. The van der Waals surface area contributed by atoms with Crippen LogP contribution in [0.15, 0.2) is 27.4 Å². The zero-order chi connectivity index (χ0) is 12.7. The van der Waals surface area contributed by atoms with Crippen LogP contribution in [0, 0.1) is 0 Å². The maximum Gasteiger partial charge on any atom is 0.419 e. The molecule has 0 spiro atoms. The van der Waals surface area contributed by atoms with Crippen molar-refractivity contribution in [1.82, 2.24) is 9.88 Å². The number of aromatic nitrogens is 1. The monoisotopic (exact) mass is 247 g/mol. The average Bonchev–Trinajstić information content (AvgIpc) is 2.98. The van der Waals surface area contributed by atoms with E-state index in [0.717, 1.165) is 24.0 Å². The molecule has 0 saturated carbocycles. The minimum absolute atomic E-state index is 0.0533. The SMILES string of the molecule is Cn1c(=O)oc2cc(C(N)C3CCCN3)ccc21. The van der Waals surface area contributed by atoms with Crippen LogP contribution in [0.2, 0.25) is 0 Å². The number of benzene rings is 1. The fourth-order valence-electron chi connectivity index (χ4n) is 2.61. The summed E-state index contributed by atoms with van der Waals surface area (Å²) in [5.41, 5.74) is 8.66. The second-order valence-corrected chi connectivity index (χ2v) is 4.88. The summed E-state index contributed by atoms with van der Waals surface area (Å²) < 4.78 is 6.68. The van der Waals surface area contributed by atoms with Gasteiger partial charge in [0.05, 0.1) is 5.52 Å². The quantitative estimate of drug-likeness (QED) is 0.826. The fourth-order valence-corrected chi connectivity index (χ4v) is 2.61. The van der Waals surface area contributed by atoms with Crippen molar-refractivity contribution < 1.29 is 4.42 Å². The summed E-state index contributed by atoms with van der Waals surface area (Å²) in [5.74, 6) is -0.338. The molecule has 2 heterocycles. The lowest BCUT2D eigenvalue weighted by molar-refractivity contribution is 0.499. The Morgan fingerprint density at radius 2 is 2.39 bits per heavy atom. The van der Waals surface area contributed by atoms with Crippen molar-refractivity contribution in [2.75, 3.05) is 6.54 Å². The molecule has 2 aromatic rings. The molecule has 0 aliphatic carbocycles. The third kappa shape index (κ3) is 1.76. The molecule has 0 amide bonds. The van der Waals surface area contributed by atoms with Crippen LogP contribution < -0.4 is 16.8 Å². The Hall–Kier alpha value is -1.59. The van der Waals surface area contributed by atoms with Crippen molar-refractivity contribution >= 4 is 11.1 Å². The second-order valence-electron chi connectivity index (χ2n) is 4.88. The van der Waals surface area contributed by atoms with Crippen molar-refractivity contribution in [2.24, 2.45) is 12.8 Å². The predicted molar refractivity (Wildman–Crippen MR) is 69.4 cm³/mol. The number of aryl methyl sites for hydroxylation is 1. The molecule has 5 nitrogen and oxygen atoms in total. The predicted octanol–water partition coefficient (Wildman–Crippen LogP) is 0.883. The van der Waals surface area contributed by atoms with Gasteiger partial charge >= 0.3 is 5.76 Å². The lowest BCUT2D eigenvalue weighted by atomic mass is 9.99. The van der Waals surface area contributed by atoms with Gasteiger partial charge in [-0.1, -0.05) is 6.07 Å². The first-order valence-corrected chi connectivity index (χ1v) is 6.25. The first-order valence-electron chi connectivity index (χ1n) is 6.25. The van der Waals surface area contributed by atoms with Crippen LogP contribution in [-0.4, -0.2) is 17.2 Å². The first kappa shape index (κ1) is 11.5. The minimum Gasteiger partial charge on any atom is -0.408 e. The molecular formula is C13H17N3O2. The van der Waals surface area contributed by atoms with E-state index in [0.29, 0.717) is 11.6 Å². The van der Waals surface area contributed by atoms with Crippen molar-refractivity contribution in [1.29, 1.82) is 0 Å². The fraction of sp³-hybridized carbons (Fsp3) is 0.462. The Kier molecular flexibility index (Phi) is 2.72. The van der Waals surface area contributed by atoms with Crippen LogP contribution in [0.3, 0.4) is 0 Å². The molecule has 0 radical (unpaired) electrons. The molecule has 1 saturated heterocycles. The number of rotatable bonds is 2. The molecule has 1 aliphatic rings. The van der Waals surface area contributed by atoms with Crippen molar-refractivity contribution in [3.05, 3.63) is 34.3 Å². The molecule has 1 aromatic carbocycles. The van der Waals surface area contributed by atoms with E-state index in [1.54, 1.807) is 7.05 Å². The first-order chi connectivity index (χ1) is 8.66. The third-order valence-corrected chi connectivity index (χ3v) is 3.73. The number of oxazole rings is 1. The maximum absolute atomic E-state index is 11.4. The molecule has 2 unspecified atom stereocenters. The minimum atomic E-state index is -0.338. The molecule has 96 valence electrons. The van der Waals surface area contributed by atoms with Gasteiger partial charge in [-0.05, 0) is 37.1 Å². The summed E-state index contributed by atoms with van der Waals surface area (Å²) in [6, 6.07) is 6.01. The summed E-state index contributed by atoms with van der Waals surface area (Å²) in [7, 11) is 1.70. The largest absolute Gasteiger partial charge is 0.419 e. The molecule has 0 bridgehead atoms. The molecule has 2 atom stereocenters. The average molecular weight is 247 g/mol. The van der Waals surface area contributed by atoms with Gasteiger partial charge < -0.3 is 15.5 Å². The highest BCUT2D eigenvalue weighted by Crippen LogP contribution is 2.23. The van der Waals surface area contributed by atoms with E-state index in [1.165, 1.54) is 11.0 Å². The van der Waals surface area contributed by atoms with E-state index >= 15 is 0 Å². The molecule has 3 rings (SSSR count). The molecule has 1 fully saturated rings. The van der Waals surface area contributed by atoms with Gasteiger partial charge in [0.1, 0.15) is 0 Å². The Morgan fingerprint density at radius 3 is 3.11 bits per heavy atom. The van der Waals surface area contributed by atoms with Crippen LogP contribution in [0.5, 0.6) is 0 Å². The van der Waals surface area contributed by atoms with Gasteiger partial charge in [-0.15, -0.1) is 0 Å². The van der Waals surface area contributed by atoms with Crippen LogP contribution >= 0.6 is 0 Å². The second kappa shape index (κ2) is 4.26. The number of nitrogens with two attached hydrogens (primary N) is 1. The summed E-state index contributed by atoms with van der Waals surface area (Å²) in [6.07, 6.45) is 2.26. The highest BCUT2D eigenvalue weighted by atomic mass is 16.4. The number of hydrogen-bond donors (Lipinski definition) is 2. The van der Waals surface area contributed by atoms with Gasteiger partial charge in [0, 0.05) is 19.1 Å². The van der Waals surface area contributed by atoms with Crippen LogP contribution in [0.1, 0.15) is 24.4 Å². The maximum atomic E-state index is 11.4. The van der Waals surface area contributed by atoms with Gasteiger partial charge in [0.2, 0.25) is 0 Å². The van der Waals surface area contributed by atoms with E-state index in [9.17, 15) is 4.79 Å².